The van der Waals surface area contributed by atoms with Crippen LogP contribution in [0.2, 0.25) is 0 Å². The Kier molecular flexibility index (Phi) is 5.69. The zero-order chi connectivity index (χ0) is 13.3. The molecule has 1 fully saturated rings. The van der Waals surface area contributed by atoms with Gasteiger partial charge in [0.2, 0.25) is 10.0 Å². The van der Waals surface area contributed by atoms with Crippen LogP contribution in [0.25, 0.3) is 0 Å². The van der Waals surface area contributed by atoms with Gasteiger partial charge < -0.3 is 5.32 Å². The Morgan fingerprint density at radius 1 is 1.16 bits per heavy atom. The third-order valence-corrected chi connectivity index (χ3v) is 5.19. The summed E-state index contributed by atoms with van der Waals surface area (Å²) < 4.78 is 52.4. The Morgan fingerprint density at radius 3 is 2.32 bits per heavy atom. The number of piperazine rings is 1. The van der Waals surface area contributed by atoms with E-state index in [1.165, 1.54) is 0 Å². The number of nitrogens with zero attached hydrogens (tertiary/aromatic N) is 1. The summed E-state index contributed by atoms with van der Waals surface area (Å²) in [5, 5.41) is 2.99. The molecule has 0 amide bonds. The van der Waals surface area contributed by atoms with Gasteiger partial charge in [0, 0.05) is 26.2 Å². The van der Waals surface area contributed by atoms with E-state index in [0.717, 1.165) is 10.4 Å². The van der Waals surface area contributed by atoms with Crippen molar-refractivity contribution in [3.8, 4) is 0 Å². The first-order valence-corrected chi connectivity index (χ1v) is 7.51. The predicted molar refractivity (Wildman–Crippen MR) is 72.9 cm³/mol. The average Bonchev–Trinajstić information content (AvgIpc) is 2.34. The Bertz CT molecular complexity index is 565. The molecule has 0 radical (unpaired) electrons. The van der Waals surface area contributed by atoms with Crippen molar-refractivity contribution in [2.45, 2.75) is 4.90 Å². The molecule has 0 aromatic heterocycles. The van der Waals surface area contributed by atoms with E-state index >= 15 is 0 Å². The molecule has 0 unspecified atom stereocenters. The smallest absolute Gasteiger partial charge is 0.246 e. The lowest BCUT2D eigenvalue weighted by Crippen LogP contribution is -2.46. The van der Waals surface area contributed by atoms with Gasteiger partial charge in [-0.3, -0.25) is 0 Å². The van der Waals surface area contributed by atoms with E-state index in [1.54, 1.807) is 0 Å². The summed E-state index contributed by atoms with van der Waals surface area (Å²) >= 11 is 2.81. The van der Waals surface area contributed by atoms with Crippen molar-refractivity contribution in [2.75, 3.05) is 26.2 Å². The largest absolute Gasteiger partial charge is 0.314 e. The number of benzene rings is 1. The molecule has 1 aliphatic rings. The van der Waals surface area contributed by atoms with E-state index in [-0.39, 0.29) is 30.0 Å². The second-order valence-electron chi connectivity index (χ2n) is 3.85. The SMILES string of the molecule is Cl.O=S(=O)(c1cc(F)c(Br)cc1F)N1CCNCC1. The molecule has 1 aliphatic heterocycles. The van der Waals surface area contributed by atoms with Crippen LogP contribution in [-0.4, -0.2) is 38.9 Å². The van der Waals surface area contributed by atoms with Crippen LogP contribution in [-0.2, 0) is 10.0 Å². The minimum absolute atomic E-state index is 0. The van der Waals surface area contributed by atoms with Crippen molar-refractivity contribution in [1.29, 1.82) is 0 Å². The summed E-state index contributed by atoms with van der Waals surface area (Å²) in [6, 6.07) is 1.53. The van der Waals surface area contributed by atoms with Gasteiger partial charge in [-0.05, 0) is 28.1 Å². The van der Waals surface area contributed by atoms with Crippen LogP contribution in [0.15, 0.2) is 21.5 Å². The Hall–Kier alpha value is -0.280. The fourth-order valence-corrected chi connectivity index (χ4v) is 3.54. The summed E-state index contributed by atoms with van der Waals surface area (Å²) in [6.45, 7) is 1.50. The van der Waals surface area contributed by atoms with Crippen molar-refractivity contribution in [3.63, 3.8) is 0 Å². The third-order valence-electron chi connectivity index (χ3n) is 2.67. The van der Waals surface area contributed by atoms with Crippen LogP contribution in [0.1, 0.15) is 0 Å². The van der Waals surface area contributed by atoms with Gasteiger partial charge in [0.25, 0.3) is 0 Å². The number of hydrogen-bond acceptors (Lipinski definition) is 3. The molecule has 1 aromatic rings. The monoisotopic (exact) mass is 376 g/mol. The lowest BCUT2D eigenvalue weighted by Gasteiger charge is -2.26. The van der Waals surface area contributed by atoms with Crippen LogP contribution in [0.4, 0.5) is 8.78 Å². The van der Waals surface area contributed by atoms with Crippen LogP contribution < -0.4 is 5.32 Å². The molecule has 1 N–H and O–H groups in total. The maximum atomic E-state index is 13.7. The fraction of sp³-hybridized carbons (Fsp3) is 0.400. The standard InChI is InChI=1S/C10H11BrF2N2O2S.ClH/c11-7-5-9(13)10(6-8(7)12)18(16,17)15-3-1-14-2-4-15;/h5-6,14H,1-4H2;1H. The van der Waals surface area contributed by atoms with Crippen LogP contribution in [0, 0.1) is 11.6 Å². The van der Waals surface area contributed by atoms with Gasteiger partial charge in [0.05, 0.1) is 4.47 Å². The zero-order valence-electron chi connectivity index (χ0n) is 9.70. The minimum Gasteiger partial charge on any atom is -0.314 e. The van der Waals surface area contributed by atoms with E-state index in [2.05, 4.69) is 21.2 Å². The van der Waals surface area contributed by atoms with Gasteiger partial charge in [-0.15, -0.1) is 12.4 Å². The lowest BCUT2D eigenvalue weighted by molar-refractivity contribution is 0.358. The number of halogens is 4. The molecule has 0 aliphatic carbocycles. The number of hydrogen-bond donors (Lipinski definition) is 1. The van der Waals surface area contributed by atoms with Gasteiger partial charge in [0.1, 0.15) is 16.5 Å². The normalized spacial score (nSPS) is 17.0. The summed E-state index contributed by atoms with van der Waals surface area (Å²) in [6.07, 6.45) is 0. The third kappa shape index (κ3) is 3.43. The second-order valence-corrected chi connectivity index (χ2v) is 6.61. The van der Waals surface area contributed by atoms with Crippen LogP contribution >= 0.6 is 28.3 Å². The van der Waals surface area contributed by atoms with Crippen molar-refractivity contribution in [1.82, 2.24) is 9.62 Å². The van der Waals surface area contributed by atoms with Crippen molar-refractivity contribution in [3.05, 3.63) is 28.2 Å². The summed E-state index contributed by atoms with van der Waals surface area (Å²) in [5.74, 6) is -1.76. The zero-order valence-corrected chi connectivity index (χ0v) is 12.9. The van der Waals surface area contributed by atoms with Crippen molar-refractivity contribution in [2.24, 2.45) is 0 Å². The highest BCUT2D eigenvalue weighted by molar-refractivity contribution is 9.10. The Morgan fingerprint density at radius 2 is 1.74 bits per heavy atom. The van der Waals surface area contributed by atoms with E-state index in [9.17, 15) is 17.2 Å². The van der Waals surface area contributed by atoms with Crippen molar-refractivity contribution >= 4 is 38.4 Å². The topological polar surface area (TPSA) is 49.4 Å². The van der Waals surface area contributed by atoms with Gasteiger partial charge in [-0.2, -0.15) is 4.31 Å². The van der Waals surface area contributed by atoms with Gasteiger partial charge in [-0.1, -0.05) is 0 Å². The molecular formula is C10H12BrClF2N2O2S. The first kappa shape index (κ1) is 16.8. The van der Waals surface area contributed by atoms with E-state index in [4.69, 9.17) is 0 Å². The molecule has 19 heavy (non-hydrogen) atoms. The molecule has 1 heterocycles. The van der Waals surface area contributed by atoms with Crippen LogP contribution in [0.3, 0.4) is 0 Å². The molecule has 0 saturated carbocycles. The molecule has 1 saturated heterocycles. The molecule has 9 heteroatoms. The lowest BCUT2D eigenvalue weighted by atomic mass is 10.3. The quantitative estimate of drug-likeness (QED) is 0.799. The predicted octanol–water partition coefficient (Wildman–Crippen LogP) is 1.74. The fourth-order valence-electron chi connectivity index (χ4n) is 1.73. The molecule has 1 aromatic carbocycles. The van der Waals surface area contributed by atoms with E-state index in [0.29, 0.717) is 19.2 Å². The van der Waals surface area contributed by atoms with Crippen molar-refractivity contribution < 1.29 is 17.2 Å². The average molecular weight is 378 g/mol. The summed E-state index contributed by atoms with van der Waals surface area (Å²) in [4.78, 5) is -0.620. The molecular weight excluding hydrogens is 366 g/mol. The minimum atomic E-state index is -3.97. The Labute approximate surface area is 124 Å². The summed E-state index contributed by atoms with van der Waals surface area (Å²) in [5.41, 5.74) is 0. The number of rotatable bonds is 2. The molecule has 2 rings (SSSR count). The van der Waals surface area contributed by atoms with Crippen LogP contribution in [0.5, 0.6) is 0 Å². The number of nitrogens with one attached hydrogen (secondary N) is 1. The first-order chi connectivity index (χ1) is 8.43. The summed E-state index contributed by atoms with van der Waals surface area (Å²) in [7, 11) is -3.97. The highest BCUT2D eigenvalue weighted by atomic mass is 79.9. The van der Waals surface area contributed by atoms with E-state index in [1.807, 2.05) is 0 Å². The molecule has 0 spiro atoms. The second kappa shape index (κ2) is 6.45. The maximum absolute atomic E-state index is 13.7. The van der Waals surface area contributed by atoms with Gasteiger partial charge in [0.15, 0.2) is 0 Å². The molecule has 0 atom stereocenters. The van der Waals surface area contributed by atoms with Gasteiger partial charge in [-0.25, -0.2) is 17.2 Å². The maximum Gasteiger partial charge on any atom is 0.246 e. The highest BCUT2D eigenvalue weighted by Gasteiger charge is 2.29. The Balaban J connectivity index is 0.00000180. The number of sulfonamides is 1. The van der Waals surface area contributed by atoms with Gasteiger partial charge >= 0.3 is 0 Å². The van der Waals surface area contributed by atoms with E-state index < -0.39 is 26.6 Å². The highest BCUT2D eigenvalue weighted by Crippen LogP contribution is 2.25. The molecule has 4 nitrogen and oxygen atoms in total. The molecule has 108 valence electrons. The molecule has 0 bridgehead atoms. The first-order valence-electron chi connectivity index (χ1n) is 5.28.